The first-order valence-electron chi connectivity index (χ1n) is 3.51. The van der Waals surface area contributed by atoms with E-state index in [0.29, 0.717) is 6.07 Å². The normalized spacial score (nSPS) is 12.1. The van der Waals surface area contributed by atoms with Gasteiger partial charge in [0.1, 0.15) is 5.82 Å². The quantitative estimate of drug-likeness (QED) is 0.798. The van der Waals surface area contributed by atoms with Gasteiger partial charge >= 0.3 is 6.18 Å². The zero-order valence-corrected chi connectivity index (χ0v) is 9.09. The molecule has 1 rings (SSSR count). The minimum absolute atomic E-state index is 0. The summed E-state index contributed by atoms with van der Waals surface area (Å²) in [4.78, 5) is -0.908. The molecule has 3 nitrogen and oxygen atoms in total. The molecule has 0 aromatic heterocycles. The second-order valence-electron chi connectivity index (χ2n) is 2.72. The van der Waals surface area contributed by atoms with E-state index in [1.807, 2.05) is 0 Å². The predicted octanol–water partition coefficient (Wildman–Crippen LogP) is 1.91. The second kappa shape index (κ2) is 4.56. The van der Waals surface area contributed by atoms with Gasteiger partial charge in [-0.2, -0.15) is 13.2 Å². The van der Waals surface area contributed by atoms with Gasteiger partial charge < -0.3 is 0 Å². The van der Waals surface area contributed by atoms with Crippen LogP contribution in [0, 0.1) is 5.82 Å². The van der Waals surface area contributed by atoms with Crippen LogP contribution in [0.3, 0.4) is 0 Å². The molecule has 0 aliphatic rings. The lowest BCUT2D eigenvalue weighted by molar-refractivity contribution is -0.137. The van der Waals surface area contributed by atoms with Gasteiger partial charge in [-0.05, 0) is 18.2 Å². The van der Waals surface area contributed by atoms with Crippen LogP contribution >= 0.6 is 12.4 Å². The zero-order chi connectivity index (χ0) is 11.9. The van der Waals surface area contributed by atoms with Crippen molar-refractivity contribution >= 4 is 22.4 Å². The number of sulfonamides is 1. The fourth-order valence-electron chi connectivity index (χ4n) is 0.891. The lowest BCUT2D eigenvalue weighted by Gasteiger charge is -2.08. The average molecular weight is 280 g/mol. The van der Waals surface area contributed by atoms with Crippen LogP contribution in [0.5, 0.6) is 0 Å². The van der Waals surface area contributed by atoms with Crippen LogP contribution in [0.2, 0.25) is 0 Å². The molecule has 0 aliphatic carbocycles. The summed E-state index contributed by atoms with van der Waals surface area (Å²) in [5.41, 5.74) is -1.40. The van der Waals surface area contributed by atoms with Crippen molar-refractivity contribution in [3.63, 3.8) is 0 Å². The van der Waals surface area contributed by atoms with Crippen molar-refractivity contribution in [3.8, 4) is 0 Å². The van der Waals surface area contributed by atoms with Gasteiger partial charge in [0.15, 0.2) is 0 Å². The highest BCUT2D eigenvalue weighted by Crippen LogP contribution is 2.31. The smallest absolute Gasteiger partial charge is 0.225 e. The molecule has 0 radical (unpaired) electrons. The van der Waals surface area contributed by atoms with Crippen molar-refractivity contribution in [1.29, 1.82) is 0 Å². The molecule has 0 aliphatic heterocycles. The van der Waals surface area contributed by atoms with Crippen LogP contribution in [0.1, 0.15) is 5.56 Å². The number of rotatable bonds is 1. The Labute approximate surface area is 94.7 Å². The number of hydrogen-bond donors (Lipinski definition) is 1. The molecule has 1 aromatic rings. The molecule has 0 fully saturated rings. The van der Waals surface area contributed by atoms with E-state index in [1.165, 1.54) is 0 Å². The summed E-state index contributed by atoms with van der Waals surface area (Å²) in [6.07, 6.45) is -4.82. The Kier molecular flexibility index (Phi) is 4.31. The Balaban J connectivity index is 0.00000225. The van der Waals surface area contributed by atoms with Gasteiger partial charge in [0.05, 0.1) is 10.5 Å². The minimum atomic E-state index is -4.82. The molecule has 0 unspecified atom stereocenters. The van der Waals surface area contributed by atoms with Crippen molar-refractivity contribution in [3.05, 3.63) is 29.6 Å². The van der Waals surface area contributed by atoms with Gasteiger partial charge in [0.2, 0.25) is 10.0 Å². The molecule has 16 heavy (non-hydrogen) atoms. The van der Waals surface area contributed by atoms with Crippen LogP contribution in [0.15, 0.2) is 23.1 Å². The van der Waals surface area contributed by atoms with Gasteiger partial charge in [0.25, 0.3) is 0 Å². The fraction of sp³-hybridized carbons (Fsp3) is 0.143. The SMILES string of the molecule is Cl.NS(=O)(=O)c1cc(F)cc(C(F)(F)F)c1. The van der Waals surface area contributed by atoms with Crippen LogP contribution < -0.4 is 5.14 Å². The van der Waals surface area contributed by atoms with Crippen LogP contribution in [0.25, 0.3) is 0 Å². The number of benzene rings is 1. The molecule has 0 saturated heterocycles. The van der Waals surface area contributed by atoms with Crippen molar-refractivity contribution in [2.45, 2.75) is 11.1 Å². The van der Waals surface area contributed by atoms with Gasteiger partial charge in [0, 0.05) is 0 Å². The molecule has 0 amide bonds. The maximum absolute atomic E-state index is 12.7. The maximum atomic E-state index is 12.7. The molecule has 0 atom stereocenters. The molecule has 92 valence electrons. The van der Waals surface area contributed by atoms with E-state index in [0.717, 1.165) is 0 Å². The Bertz CT molecular complexity index is 486. The topological polar surface area (TPSA) is 60.2 Å². The van der Waals surface area contributed by atoms with E-state index >= 15 is 0 Å². The summed E-state index contributed by atoms with van der Waals surface area (Å²) in [5, 5.41) is 4.58. The van der Waals surface area contributed by atoms with Gasteiger partial charge in [-0.1, -0.05) is 0 Å². The van der Waals surface area contributed by atoms with Crippen molar-refractivity contribution in [1.82, 2.24) is 0 Å². The summed E-state index contributed by atoms with van der Waals surface area (Å²) < 4.78 is 70.5. The largest absolute Gasteiger partial charge is 0.416 e. The fourth-order valence-corrected chi connectivity index (χ4v) is 1.46. The molecular weight excluding hydrogens is 274 g/mol. The van der Waals surface area contributed by atoms with E-state index in [2.05, 4.69) is 5.14 Å². The highest BCUT2D eigenvalue weighted by molar-refractivity contribution is 7.89. The van der Waals surface area contributed by atoms with Gasteiger partial charge in [-0.3, -0.25) is 0 Å². The minimum Gasteiger partial charge on any atom is -0.225 e. The maximum Gasteiger partial charge on any atom is 0.416 e. The monoisotopic (exact) mass is 279 g/mol. The summed E-state index contributed by atoms with van der Waals surface area (Å²) in [7, 11) is -4.35. The first kappa shape index (κ1) is 15.1. The highest BCUT2D eigenvalue weighted by Gasteiger charge is 2.32. The predicted molar refractivity (Wildman–Crippen MR) is 50.0 cm³/mol. The number of halogens is 5. The third kappa shape index (κ3) is 3.62. The van der Waals surface area contributed by atoms with E-state index in [4.69, 9.17) is 0 Å². The second-order valence-corrected chi connectivity index (χ2v) is 4.28. The van der Waals surface area contributed by atoms with Gasteiger partial charge in [-0.25, -0.2) is 17.9 Å². The Hall–Kier alpha value is -0.860. The Morgan fingerprint density at radius 1 is 1.12 bits per heavy atom. The molecule has 0 heterocycles. The molecule has 0 bridgehead atoms. The molecule has 2 N–H and O–H groups in total. The Morgan fingerprint density at radius 3 is 2.00 bits per heavy atom. The summed E-state index contributed by atoms with van der Waals surface area (Å²) in [5.74, 6) is -1.31. The number of hydrogen-bond acceptors (Lipinski definition) is 2. The lowest BCUT2D eigenvalue weighted by Crippen LogP contribution is -2.14. The number of nitrogens with two attached hydrogens (primary N) is 1. The van der Waals surface area contributed by atoms with Crippen LogP contribution in [0.4, 0.5) is 17.6 Å². The third-order valence-corrected chi connectivity index (χ3v) is 2.42. The van der Waals surface area contributed by atoms with Crippen molar-refractivity contribution in [2.24, 2.45) is 5.14 Å². The number of alkyl halides is 3. The first-order valence-corrected chi connectivity index (χ1v) is 5.06. The molecule has 0 spiro atoms. The van der Waals surface area contributed by atoms with Crippen molar-refractivity contribution < 1.29 is 26.0 Å². The molecular formula is C7H6ClF4NO2S. The van der Waals surface area contributed by atoms with Crippen LogP contribution in [-0.2, 0) is 16.2 Å². The summed E-state index contributed by atoms with van der Waals surface area (Å²) >= 11 is 0. The average Bonchev–Trinajstić information content (AvgIpc) is 1.99. The summed E-state index contributed by atoms with van der Waals surface area (Å²) in [6, 6.07) is 0.887. The Morgan fingerprint density at radius 2 is 1.62 bits per heavy atom. The highest BCUT2D eigenvalue weighted by atomic mass is 35.5. The lowest BCUT2D eigenvalue weighted by atomic mass is 10.2. The van der Waals surface area contributed by atoms with E-state index < -0.39 is 32.5 Å². The van der Waals surface area contributed by atoms with E-state index in [-0.39, 0.29) is 24.5 Å². The summed E-state index contributed by atoms with van der Waals surface area (Å²) in [6.45, 7) is 0. The van der Waals surface area contributed by atoms with E-state index in [1.54, 1.807) is 0 Å². The third-order valence-electron chi connectivity index (χ3n) is 1.53. The number of primary sulfonamides is 1. The standard InChI is InChI=1S/C7H5F4NO2S.ClH/c8-5-1-4(7(9,10)11)2-6(3-5)15(12,13)14;/h1-3H,(H2,12,13,14);1H. The van der Waals surface area contributed by atoms with Crippen molar-refractivity contribution in [2.75, 3.05) is 0 Å². The van der Waals surface area contributed by atoms with E-state index in [9.17, 15) is 26.0 Å². The van der Waals surface area contributed by atoms with Crippen LogP contribution in [-0.4, -0.2) is 8.42 Å². The van der Waals surface area contributed by atoms with Gasteiger partial charge in [-0.15, -0.1) is 12.4 Å². The zero-order valence-electron chi connectivity index (χ0n) is 7.45. The molecule has 9 heteroatoms. The molecule has 0 saturated carbocycles. The molecule has 1 aromatic carbocycles. The first-order chi connectivity index (χ1) is 6.60.